The first kappa shape index (κ1) is 20.9. The van der Waals surface area contributed by atoms with Gasteiger partial charge in [0.05, 0.1) is 4.90 Å². The number of anilines is 1. The second kappa shape index (κ2) is 9.53. The van der Waals surface area contributed by atoms with Gasteiger partial charge in [-0.05, 0) is 61.7 Å². The van der Waals surface area contributed by atoms with E-state index in [-0.39, 0.29) is 23.5 Å². The highest BCUT2D eigenvalue weighted by Crippen LogP contribution is 2.17. The maximum atomic E-state index is 12.2. The monoisotopic (exact) mass is 390 g/mol. The number of amides is 1. The lowest BCUT2D eigenvalue weighted by Gasteiger charge is -2.12. The Balaban J connectivity index is 1.89. The quantitative estimate of drug-likeness (QED) is 0.688. The van der Waals surface area contributed by atoms with E-state index >= 15 is 0 Å². The lowest BCUT2D eigenvalue weighted by molar-refractivity contribution is -0.118. The van der Waals surface area contributed by atoms with Crippen LogP contribution in [-0.4, -0.2) is 27.0 Å². The van der Waals surface area contributed by atoms with E-state index < -0.39 is 10.0 Å². The minimum Gasteiger partial charge on any atom is -0.484 e. The normalized spacial score (nSPS) is 12.4. The molecule has 0 unspecified atom stereocenters. The second-order valence-corrected chi connectivity index (χ2v) is 8.00. The van der Waals surface area contributed by atoms with Crippen molar-refractivity contribution in [3.8, 4) is 5.75 Å². The first-order chi connectivity index (χ1) is 12.8. The Morgan fingerprint density at radius 1 is 1.04 bits per heavy atom. The number of ether oxygens (including phenoxy) is 1. The fourth-order valence-electron chi connectivity index (χ4n) is 2.30. The molecule has 0 heterocycles. The number of carbonyl (C=O) groups excluding carboxylic acids is 1. The molecular weight excluding hydrogens is 364 g/mol. The molecule has 0 saturated carbocycles. The molecule has 2 aromatic carbocycles. The van der Waals surface area contributed by atoms with Gasteiger partial charge in [-0.1, -0.05) is 26.0 Å². The highest BCUT2D eigenvalue weighted by Gasteiger charge is 2.16. The van der Waals surface area contributed by atoms with Crippen LogP contribution in [0.2, 0.25) is 0 Å². The molecule has 0 radical (unpaired) electrons. The third-order valence-corrected chi connectivity index (χ3v) is 5.72. The van der Waals surface area contributed by atoms with Gasteiger partial charge in [0, 0.05) is 11.7 Å². The van der Waals surface area contributed by atoms with Gasteiger partial charge < -0.3 is 10.1 Å². The Hall–Kier alpha value is -2.38. The molecule has 0 aliphatic rings. The molecule has 0 aliphatic carbocycles. The maximum Gasteiger partial charge on any atom is 0.262 e. The number of nitrogens with one attached hydrogen (secondary N) is 2. The van der Waals surface area contributed by atoms with Crippen LogP contribution in [0.3, 0.4) is 0 Å². The van der Waals surface area contributed by atoms with Crippen LogP contribution in [0, 0.1) is 0 Å². The van der Waals surface area contributed by atoms with Gasteiger partial charge in [-0.25, -0.2) is 13.1 Å². The third kappa shape index (κ3) is 6.37. The standard InChI is InChI=1S/C20H26N2O4S/c1-4-15(3)22-27(24,25)19-12-10-18(11-13-19)26-14-20(23)21-17-8-6-16(5-2)7-9-17/h6-13,15,22H,4-5,14H2,1-3H3,(H,21,23)/t15-/m0/s1. The predicted molar refractivity (Wildman–Crippen MR) is 106 cm³/mol. The molecule has 2 rings (SSSR count). The Morgan fingerprint density at radius 3 is 2.22 bits per heavy atom. The van der Waals surface area contributed by atoms with Crippen LogP contribution in [0.25, 0.3) is 0 Å². The van der Waals surface area contributed by atoms with Crippen LogP contribution in [0.4, 0.5) is 5.69 Å². The molecule has 0 spiro atoms. The third-order valence-electron chi connectivity index (χ3n) is 4.12. The zero-order chi connectivity index (χ0) is 19.9. The van der Waals surface area contributed by atoms with E-state index in [0.29, 0.717) is 17.9 Å². The summed E-state index contributed by atoms with van der Waals surface area (Å²) < 4.78 is 32.4. The van der Waals surface area contributed by atoms with Gasteiger partial charge in [-0.2, -0.15) is 0 Å². The Kier molecular flexibility index (Phi) is 7.38. The summed E-state index contributed by atoms with van der Waals surface area (Å²) in [4.78, 5) is 12.1. The average molecular weight is 391 g/mol. The molecule has 0 aromatic heterocycles. The Morgan fingerprint density at radius 2 is 1.67 bits per heavy atom. The van der Waals surface area contributed by atoms with Crippen LogP contribution >= 0.6 is 0 Å². The molecule has 0 bridgehead atoms. The largest absolute Gasteiger partial charge is 0.484 e. The fourth-order valence-corrected chi connectivity index (χ4v) is 3.63. The van der Waals surface area contributed by atoms with Crippen molar-refractivity contribution in [2.75, 3.05) is 11.9 Å². The highest BCUT2D eigenvalue weighted by molar-refractivity contribution is 7.89. The van der Waals surface area contributed by atoms with Gasteiger partial charge >= 0.3 is 0 Å². The number of hydrogen-bond acceptors (Lipinski definition) is 4. The van der Waals surface area contributed by atoms with E-state index in [0.717, 1.165) is 6.42 Å². The molecule has 1 atom stereocenters. The van der Waals surface area contributed by atoms with Crippen LogP contribution < -0.4 is 14.8 Å². The predicted octanol–water partition coefficient (Wildman–Crippen LogP) is 3.34. The lowest BCUT2D eigenvalue weighted by Crippen LogP contribution is -2.31. The Labute approximate surface area is 161 Å². The lowest BCUT2D eigenvalue weighted by atomic mass is 10.1. The van der Waals surface area contributed by atoms with Crippen molar-refractivity contribution in [1.29, 1.82) is 0 Å². The van der Waals surface area contributed by atoms with Gasteiger partial charge in [-0.3, -0.25) is 4.79 Å². The first-order valence-electron chi connectivity index (χ1n) is 8.98. The molecular formula is C20H26N2O4S. The van der Waals surface area contributed by atoms with E-state index in [1.165, 1.54) is 29.8 Å². The van der Waals surface area contributed by atoms with Crippen molar-refractivity contribution in [1.82, 2.24) is 4.72 Å². The fraction of sp³-hybridized carbons (Fsp3) is 0.350. The minimum atomic E-state index is -3.55. The van der Waals surface area contributed by atoms with Crippen molar-refractivity contribution in [2.45, 2.75) is 44.6 Å². The molecule has 0 aliphatic heterocycles. The summed E-state index contributed by atoms with van der Waals surface area (Å²) in [6.07, 6.45) is 1.65. The summed E-state index contributed by atoms with van der Waals surface area (Å²) in [6.45, 7) is 5.63. The molecule has 2 aromatic rings. The molecule has 7 heteroatoms. The van der Waals surface area contributed by atoms with Crippen molar-refractivity contribution < 1.29 is 17.9 Å². The SMILES string of the molecule is CCc1ccc(NC(=O)COc2ccc(S(=O)(=O)N[C@@H](C)CC)cc2)cc1. The van der Waals surface area contributed by atoms with E-state index in [1.54, 1.807) is 0 Å². The zero-order valence-electron chi connectivity index (χ0n) is 15.9. The summed E-state index contributed by atoms with van der Waals surface area (Å²) in [6, 6.07) is 13.5. The van der Waals surface area contributed by atoms with E-state index in [2.05, 4.69) is 17.0 Å². The smallest absolute Gasteiger partial charge is 0.262 e. The number of aryl methyl sites for hydroxylation is 1. The van der Waals surface area contributed by atoms with E-state index in [4.69, 9.17) is 4.74 Å². The van der Waals surface area contributed by atoms with Gasteiger partial charge in [0.15, 0.2) is 6.61 Å². The van der Waals surface area contributed by atoms with E-state index in [1.807, 2.05) is 38.1 Å². The number of sulfonamides is 1. The van der Waals surface area contributed by atoms with Crippen molar-refractivity contribution in [2.24, 2.45) is 0 Å². The molecule has 2 N–H and O–H groups in total. The van der Waals surface area contributed by atoms with E-state index in [9.17, 15) is 13.2 Å². The van der Waals surface area contributed by atoms with Crippen LogP contribution in [0.1, 0.15) is 32.8 Å². The second-order valence-electron chi connectivity index (χ2n) is 6.29. The van der Waals surface area contributed by atoms with Crippen LogP contribution in [-0.2, 0) is 21.2 Å². The molecule has 6 nitrogen and oxygen atoms in total. The number of benzene rings is 2. The number of hydrogen-bond donors (Lipinski definition) is 2. The number of carbonyl (C=O) groups is 1. The summed E-state index contributed by atoms with van der Waals surface area (Å²) in [5.74, 6) is 0.142. The van der Waals surface area contributed by atoms with Gasteiger partial charge in [-0.15, -0.1) is 0 Å². The highest BCUT2D eigenvalue weighted by atomic mass is 32.2. The van der Waals surface area contributed by atoms with Crippen LogP contribution in [0.15, 0.2) is 53.4 Å². The summed E-state index contributed by atoms with van der Waals surface area (Å²) >= 11 is 0. The van der Waals surface area contributed by atoms with Crippen molar-refractivity contribution >= 4 is 21.6 Å². The van der Waals surface area contributed by atoms with Crippen molar-refractivity contribution in [3.05, 3.63) is 54.1 Å². The summed E-state index contributed by atoms with van der Waals surface area (Å²) in [5, 5.41) is 2.76. The van der Waals surface area contributed by atoms with Crippen molar-refractivity contribution in [3.63, 3.8) is 0 Å². The maximum absolute atomic E-state index is 12.2. The average Bonchev–Trinajstić information content (AvgIpc) is 2.67. The molecule has 27 heavy (non-hydrogen) atoms. The summed E-state index contributed by atoms with van der Waals surface area (Å²) in [5.41, 5.74) is 1.90. The first-order valence-corrected chi connectivity index (χ1v) is 10.5. The Bertz CT molecular complexity index is 847. The summed E-state index contributed by atoms with van der Waals surface area (Å²) in [7, 11) is -3.55. The molecule has 0 fully saturated rings. The van der Waals surface area contributed by atoms with Crippen LogP contribution in [0.5, 0.6) is 5.75 Å². The minimum absolute atomic E-state index is 0.138. The molecule has 0 saturated heterocycles. The topological polar surface area (TPSA) is 84.5 Å². The van der Waals surface area contributed by atoms with Gasteiger partial charge in [0.25, 0.3) is 5.91 Å². The van der Waals surface area contributed by atoms with Gasteiger partial charge in [0.2, 0.25) is 10.0 Å². The molecule has 146 valence electrons. The van der Waals surface area contributed by atoms with Gasteiger partial charge in [0.1, 0.15) is 5.75 Å². The number of rotatable bonds is 9. The zero-order valence-corrected chi connectivity index (χ0v) is 16.7. The molecule has 1 amide bonds.